The molecule has 1 saturated heterocycles. The van der Waals surface area contributed by atoms with Crippen molar-refractivity contribution in [3.05, 3.63) is 6.20 Å². The van der Waals surface area contributed by atoms with Gasteiger partial charge in [0.2, 0.25) is 5.95 Å². The molecule has 0 amide bonds. The molecule has 0 aromatic carbocycles. The first kappa shape index (κ1) is 14.1. The summed E-state index contributed by atoms with van der Waals surface area (Å²) >= 11 is 0. The Bertz CT molecular complexity index is 606. The van der Waals surface area contributed by atoms with Crippen LogP contribution in [0.2, 0.25) is 0 Å². The second kappa shape index (κ2) is 5.85. The molecule has 2 aromatic heterocycles. The summed E-state index contributed by atoms with van der Waals surface area (Å²) in [6.07, 6.45) is 4.24. The lowest BCUT2D eigenvalue weighted by molar-refractivity contribution is 0.372. The number of likely N-dealkylation sites (N-methyl/N-ethyl adjacent to an activating group) is 1. The molecule has 1 aliphatic heterocycles. The molecule has 0 radical (unpaired) electrons. The van der Waals surface area contributed by atoms with Gasteiger partial charge in [-0.25, -0.2) is 0 Å². The number of rotatable bonds is 5. The van der Waals surface area contributed by atoms with Gasteiger partial charge < -0.3 is 15.1 Å². The largest absolute Gasteiger partial charge is 0.354 e. The first-order valence-corrected chi connectivity index (χ1v) is 7.55. The summed E-state index contributed by atoms with van der Waals surface area (Å²) in [6.45, 7) is 4.94. The van der Waals surface area contributed by atoms with E-state index in [-0.39, 0.29) is 0 Å². The number of fused-ring (bicyclic) bond motifs is 1. The molecular weight excluding hydrogens is 266 g/mol. The Morgan fingerprint density at radius 2 is 2.29 bits per heavy atom. The Kier molecular flexibility index (Phi) is 3.92. The lowest BCUT2D eigenvalue weighted by Crippen LogP contribution is -2.38. The minimum absolute atomic E-state index is 0.502. The van der Waals surface area contributed by atoms with E-state index in [2.05, 4.69) is 44.4 Å². The third-order valence-corrected chi connectivity index (χ3v) is 3.85. The third-order valence-electron chi connectivity index (χ3n) is 3.85. The summed E-state index contributed by atoms with van der Waals surface area (Å²) in [4.78, 5) is 13.8. The highest BCUT2D eigenvalue weighted by Gasteiger charge is 2.28. The van der Waals surface area contributed by atoms with E-state index in [1.165, 1.54) is 12.8 Å². The maximum absolute atomic E-state index is 4.73. The van der Waals surface area contributed by atoms with Gasteiger partial charge in [0.05, 0.1) is 11.6 Å². The minimum atomic E-state index is 0.502. The van der Waals surface area contributed by atoms with Crippen LogP contribution in [-0.2, 0) is 0 Å². The molecule has 0 saturated carbocycles. The average molecular weight is 289 g/mol. The van der Waals surface area contributed by atoms with Gasteiger partial charge in [0.25, 0.3) is 0 Å². The van der Waals surface area contributed by atoms with Crippen molar-refractivity contribution in [2.45, 2.75) is 25.8 Å². The lowest BCUT2D eigenvalue weighted by atomic mass is 10.2. The third kappa shape index (κ3) is 2.78. The number of anilines is 2. The van der Waals surface area contributed by atoms with Gasteiger partial charge in [0, 0.05) is 25.7 Å². The van der Waals surface area contributed by atoms with E-state index in [9.17, 15) is 0 Å². The molecular formula is C14H23N7. The molecule has 1 aliphatic rings. The Morgan fingerprint density at radius 1 is 1.43 bits per heavy atom. The highest BCUT2D eigenvalue weighted by molar-refractivity contribution is 5.87. The smallest absolute Gasteiger partial charge is 0.226 e. The zero-order chi connectivity index (χ0) is 14.8. The SMILES string of the molecule is CCNc1nc(N2CCCC2CN(C)C)c2cn[nH]c2n1. The summed E-state index contributed by atoms with van der Waals surface area (Å²) in [5.41, 5.74) is 0.798. The number of hydrogen-bond donors (Lipinski definition) is 2. The van der Waals surface area contributed by atoms with Gasteiger partial charge in [-0.3, -0.25) is 5.10 Å². The van der Waals surface area contributed by atoms with Crippen LogP contribution in [0.1, 0.15) is 19.8 Å². The van der Waals surface area contributed by atoms with Crippen molar-refractivity contribution in [3.63, 3.8) is 0 Å². The number of aromatic nitrogens is 4. The number of nitrogens with one attached hydrogen (secondary N) is 2. The van der Waals surface area contributed by atoms with E-state index in [1.807, 2.05) is 13.1 Å². The number of nitrogens with zero attached hydrogens (tertiary/aromatic N) is 5. The van der Waals surface area contributed by atoms with E-state index in [0.717, 1.165) is 36.5 Å². The van der Waals surface area contributed by atoms with Crippen molar-refractivity contribution in [3.8, 4) is 0 Å². The van der Waals surface area contributed by atoms with Crippen LogP contribution in [0.4, 0.5) is 11.8 Å². The highest BCUT2D eigenvalue weighted by Crippen LogP contribution is 2.30. The van der Waals surface area contributed by atoms with Crippen LogP contribution >= 0.6 is 0 Å². The Hall–Kier alpha value is -1.89. The molecule has 1 fully saturated rings. The molecule has 1 atom stereocenters. The Morgan fingerprint density at radius 3 is 3.05 bits per heavy atom. The summed E-state index contributed by atoms with van der Waals surface area (Å²) in [5.74, 6) is 1.66. The van der Waals surface area contributed by atoms with E-state index in [0.29, 0.717) is 12.0 Å². The van der Waals surface area contributed by atoms with Crippen molar-refractivity contribution >= 4 is 22.8 Å². The zero-order valence-electron chi connectivity index (χ0n) is 12.9. The van der Waals surface area contributed by atoms with Gasteiger partial charge in [0.1, 0.15) is 5.82 Å². The molecule has 3 heterocycles. The second-order valence-corrected chi connectivity index (χ2v) is 5.79. The molecule has 7 heteroatoms. The molecule has 0 aliphatic carbocycles. The predicted octanol–water partition coefficient (Wildman–Crippen LogP) is 1.32. The molecule has 2 aromatic rings. The monoisotopic (exact) mass is 289 g/mol. The van der Waals surface area contributed by atoms with Crippen LogP contribution in [0.25, 0.3) is 11.0 Å². The first-order valence-electron chi connectivity index (χ1n) is 7.55. The van der Waals surface area contributed by atoms with E-state index in [1.54, 1.807) is 0 Å². The van der Waals surface area contributed by atoms with Crippen molar-refractivity contribution in [1.29, 1.82) is 0 Å². The average Bonchev–Trinajstić information content (AvgIpc) is 3.06. The van der Waals surface area contributed by atoms with E-state index >= 15 is 0 Å². The number of H-pyrrole nitrogens is 1. The summed E-state index contributed by atoms with van der Waals surface area (Å²) < 4.78 is 0. The van der Waals surface area contributed by atoms with Crippen LogP contribution in [0.5, 0.6) is 0 Å². The van der Waals surface area contributed by atoms with Crippen LogP contribution in [0.15, 0.2) is 6.20 Å². The molecule has 21 heavy (non-hydrogen) atoms. The van der Waals surface area contributed by atoms with Gasteiger partial charge in [-0.2, -0.15) is 15.1 Å². The maximum atomic E-state index is 4.73. The van der Waals surface area contributed by atoms with Crippen LogP contribution in [0.3, 0.4) is 0 Å². The molecule has 0 bridgehead atoms. The molecule has 3 rings (SSSR count). The minimum Gasteiger partial charge on any atom is -0.354 e. The van der Waals surface area contributed by atoms with Crippen molar-refractivity contribution in [2.75, 3.05) is 43.9 Å². The van der Waals surface area contributed by atoms with E-state index in [4.69, 9.17) is 4.98 Å². The summed E-state index contributed by atoms with van der Waals surface area (Å²) in [5, 5.41) is 11.3. The highest BCUT2D eigenvalue weighted by atomic mass is 15.3. The Labute approximate surface area is 124 Å². The topological polar surface area (TPSA) is 73.0 Å². The second-order valence-electron chi connectivity index (χ2n) is 5.79. The fraction of sp³-hybridized carbons (Fsp3) is 0.643. The normalized spacial score (nSPS) is 18.9. The number of hydrogen-bond acceptors (Lipinski definition) is 6. The maximum Gasteiger partial charge on any atom is 0.226 e. The first-order chi connectivity index (χ1) is 10.2. The van der Waals surface area contributed by atoms with Gasteiger partial charge in [0.15, 0.2) is 5.65 Å². The van der Waals surface area contributed by atoms with Crippen LogP contribution in [0, 0.1) is 0 Å². The predicted molar refractivity (Wildman–Crippen MR) is 84.8 cm³/mol. The zero-order valence-corrected chi connectivity index (χ0v) is 12.9. The van der Waals surface area contributed by atoms with Gasteiger partial charge in [-0.05, 0) is 33.9 Å². The van der Waals surface area contributed by atoms with Crippen LogP contribution < -0.4 is 10.2 Å². The number of aromatic amines is 1. The molecule has 0 spiro atoms. The van der Waals surface area contributed by atoms with Gasteiger partial charge in [-0.1, -0.05) is 0 Å². The molecule has 1 unspecified atom stereocenters. The summed E-state index contributed by atoms with van der Waals surface area (Å²) in [7, 11) is 4.24. The standard InChI is InChI=1S/C14H23N7/c1-4-15-14-17-12-11(8-16-19-12)13(18-14)21-7-5-6-10(21)9-20(2)3/h8,10H,4-7,9H2,1-3H3,(H2,15,16,17,18,19). The van der Waals surface area contributed by atoms with Gasteiger partial charge in [-0.15, -0.1) is 0 Å². The molecule has 2 N–H and O–H groups in total. The van der Waals surface area contributed by atoms with Crippen molar-refractivity contribution in [2.24, 2.45) is 0 Å². The Balaban J connectivity index is 1.99. The van der Waals surface area contributed by atoms with E-state index < -0.39 is 0 Å². The summed E-state index contributed by atoms with van der Waals surface area (Å²) in [6, 6.07) is 0.502. The lowest BCUT2D eigenvalue weighted by Gasteiger charge is -2.28. The van der Waals surface area contributed by atoms with Gasteiger partial charge >= 0.3 is 0 Å². The quantitative estimate of drug-likeness (QED) is 0.865. The van der Waals surface area contributed by atoms with Crippen molar-refractivity contribution in [1.82, 2.24) is 25.1 Å². The molecule has 114 valence electrons. The fourth-order valence-electron chi connectivity index (χ4n) is 3.00. The van der Waals surface area contributed by atoms with Crippen molar-refractivity contribution < 1.29 is 0 Å². The fourth-order valence-corrected chi connectivity index (χ4v) is 3.00. The van der Waals surface area contributed by atoms with Crippen LogP contribution in [-0.4, -0.2) is 64.8 Å². The molecule has 7 nitrogen and oxygen atoms in total.